The SMILES string of the molecule is Cn1ncc(-c2ccnc(S(C)(=O)=O)n2)c1N. The van der Waals surface area contributed by atoms with Gasteiger partial charge in [-0.05, 0) is 6.07 Å². The molecule has 0 bridgehead atoms. The van der Waals surface area contributed by atoms with E-state index in [4.69, 9.17) is 5.73 Å². The zero-order valence-electron chi connectivity index (χ0n) is 9.32. The Bertz CT molecular complexity index is 662. The van der Waals surface area contributed by atoms with Crippen molar-refractivity contribution in [1.29, 1.82) is 0 Å². The first-order chi connectivity index (χ1) is 7.89. The number of hydrogen-bond acceptors (Lipinski definition) is 6. The van der Waals surface area contributed by atoms with Crippen LogP contribution in [-0.4, -0.2) is 34.4 Å². The first-order valence-corrected chi connectivity index (χ1v) is 6.59. The molecule has 7 nitrogen and oxygen atoms in total. The Labute approximate surface area is 98.2 Å². The van der Waals surface area contributed by atoms with Crippen molar-refractivity contribution < 1.29 is 8.42 Å². The minimum atomic E-state index is -3.43. The third-order valence-electron chi connectivity index (χ3n) is 2.23. The van der Waals surface area contributed by atoms with Crippen LogP contribution in [0, 0.1) is 0 Å². The number of sulfone groups is 1. The third kappa shape index (κ3) is 2.11. The van der Waals surface area contributed by atoms with E-state index in [0.29, 0.717) is 17.1 Å². The summed E-state index contributed by atoms with van der Waals surface area (Å²) in [6.45, 7) is 0. The molecule has 0 atom stereocenters. The highest BCUT2D eigenvalue weighted by Gasteiger charge is 2.14. The predicted molar refractivity (Wildman–Crippen MR) is 61.8 cm³/mol. The van der Waals surface area contributed by atoms with Crippen LogP contribution < -0.4 is 5.73 Å². The van der Waals surface area contributed by atoms with Gasteiger partial charge in [0.15, 0.2) is 0 Å². The zero-order chi connectivity index (χ0) is 12.6. The lowest BCUT2D eigenvalue weighted by Crippen LogP contribution is -2.05. The fourth-order valence-electron chi connectivity index (χ4n) is 1.31. The van der Waals surface area contributed by atoms with E-state index < -0.39 is 9.84 Å². The fraction of sp³-hybridized carbons (Fsp3) is 0.222. The van der Waals surface area contributed by atoms with Crippen LogP contribution in [0.3, 0.4) is 0 Å². The van der Waals surface area contributed by atoms with Crippen molar-refractivity contribution in [3.8, 4) is 11.3 Å². The molecule has 0 radical (unpaired) electrons. The van der Waals surface area contributed by atoms with Gasteiger partial charge in [0, 0.05) is 19.5 Å². The van der Waals surface area contributed by atoms with Gasteiger partial charge in [0.1, 0.15) is 5.82 Å². The lowest BCUT2D eigenvalue weighted by Gasteiger charge is -2.01. The standard InChI is InChI=1S/C9H11N5O2S/c1-14-8(10)6(5-12-14)7-3-4-11-9(13-7)17(2,15)16/h3-5H,10H2,1-2H3. The molecule has 2 heterocycles. The van der Waals surface area contributed by atoms with Crippen LogP contribution in [-0.2, 0) is 16.9 Å². The minimum Gasteiger partial charge on any atom is -0.383 e. The summed E-state index contributed by atoms with van der Waals surface area (Å²) < 4.78 is 24.1. The van der Waals surface area contributed by atoms with E-state index in [0.717, 1.165) is 6.26 Å². The molecule has 2 aromatic heterocycles. The Morgan fingerprint density at radius 3 is 2.65 bits per heavy atom. The molecule has 0 unspecified atom stereocenters. The van der Waals surface area contributed by atoms with Gasteiger partial charge in [-0.2, -0.15) is 5.10 Å². The first kappa shape index (κ1) is 11.5. The van der Waals surface area contributed by atoms with Crippen LogP contribution in [0.5, 0.6) is 0 Å². The topological polar surface area (TPSA) is 104 Å². The summed E-state index contributed by atoms with van der Waals surface area (Å²) in [5.74, 6) is 0.420. The molecule has 0 aliphatic heterocycles. The van der Waals surface area contributed by atoms with Gasteiger partial charge in [-0.3, -0.25) is 4.68 Å². The summed E-state index contributed by atoms with van der Waals surface area (Å²) >= 11 is 0. The smallest absolute Gasteiger partial charge is 0.247 e. The van der Waals surface area contributed by atoms with Crippen LogP contribution in [0.2, 0.25) is 0 Å². The molecule has 0 saturated carbocycles. The second-order valence-corrected chi connectivity index (χ2v) is 5.47. The third-order valence-corrected chi connectivity index (χ3v) is 3.09. The van der Waals surface area contributed by atoms with Gasteiger partial charge in [0.05, 0.1) is 17.5 Å². The van der Waals surface area contributed by atoms with Crippen molar-refractivity contribution in [1.82, 2.24) is 19.7 Å². The van der Waals surface area contributed by atoms with E-state index in [-0.39, 0.29) is 5.16 Å². The van der Waals surface area contributed by atoms with Gasteiger partial charge in [-0.25, -0.2) is 18.4 Å². The maximum atomic E-state index is 11.3. The Kier molecular flexibility index (Phi) is 2.58. The van der Waals surface area contributed by atoms with Gasteiger partial charge >= 0.3 is 0 Å². The molecular formula is C9H11N5O2S. The monoisotopic (exact) mass is 253 g/mol. The van der Waals surface area contributed by atoms with Gasteiger partial charge in [0.2, 0.25) is 15.0 Å². The minimum absolute atomic E-state index is 0.224. The average molecular weight is 253 g/mol. The van der Waals surface area contributed by atoms with Crippen LogP contribution in [0.15, 0.2) is 23.6 Å². The summed E-state index contributed by atoms with van der Waals surface area (Å²) in [5.41, 5.74) is 6.80. The lowest BCUT2D eigenvalue weighted by molar-refractivity contribution is 0.593. The second kappa shape index (κ2) is 3.81. The molecule has 0 fully saturated rings. The number of aryl methyl sites for hydroxylation is 1. The van der Waals surface area contributed by atoms with Crippen molar-refractivity contribution in [2.45, 2.75) is 5.16 Å². The van der Waals surface area contributed by atoms with Crippen LogP contribution in [0.25, 0.3) is 11.3 Å². The van der Waals surface area contributed by atoms with Gasteiger partial charge in [-0.1, -0.05) is 0 Å². The van der Waals surface area contributed by atoms with E-state index in [2.05, 4.69) is 15.1 Å². The molecule has 17 heavy (non-hydrogen) atoms. The molecule has 0 aliphatic rings. The van der Waals surface area contributed by atoms with E-state index in [9.17, 15) is 8.42 Å². The number of nitrogens with zero attached hydrogens (tertiary/aromatic N) is 4. The highest BCUT2D eigenvalue weighted by atomic mass is 32.2. The quantitative estimate of drug-likeness (QED) is 0.747. The summed E-state index contributed by atoms with van der Waals surface area (Å²) in [7, 11) is -1.74. The molecular weight excluding hydrogens is 242 g/mol. The largest absolute Gasteiger partial charge is 0.383 e. The first-order valence-electron chi connectivity index (χ1n) is 4.70. The molecule has 8 heteroatoms. The Hall–Kier alpha value is -1.96. The van der Waals surface area contributed by atoms with Crippen molar-refractivity contribution in [3.05, 3.63) is 18.5 Å². The summed E-state index contributed by atoms with van der Waals surface area (Å²) in [6, 6.07) is 1.59. The van der Waals surface area contributed by atoms with E-state index in [1.165, 1.54) is 17.1 Å². The molecule has 0 saturated heterocycles. The Morgan fingerprint density at radius 2 is 2.12 bits per heavy atom. The second-order valence-electron chi connectivity index (χ2n) is 3.56. The highest BCUT2D eigenvalue weighted by Crippen LogP contribution is 2.23. The van der Waals surface area contributed by atoms with Crippen molar-refractivity contribution in [3.63, 3.8) is 0 Å². The molecule has 0 aromatic carbocycles. The van der Waals surface area contributed by atoms with Gasteiger partial charge in [-0.15, -0.1) is 0 Å². The fourth-order valence-corrected chi connectivity index (χ4v) is 1.83. The number of rotatable bonds is 2. The van der Waals surface area contributed by atoms with Gasteiger partial charge in [0.25, 0.3) is 0 Å². The zero-order valence-corrected chi connectivity index (χ0v) is 10.1. The normalized spacial score (nSPS) is 11.6. The maximum Gasteiger partial charge on any atom is 0.247 e. The van der Waals surface area contributed by atoms with E-state index in [1.807, 2.05) is 0 Å². The van der Waals surface area contributed by atoms with Gasteiger partial charge < -0.3 is 5.73 Å². The maximum absolute atomic E-state index is 11.3. The van der Waals surface area contributed by atoms with Crippen LogP contribution >= 0.6 is 0 Å². The molecule has 2 rings (SSSR count). The molecule has 90 valence electrons. The molecule has 0 spiro atoms. The van der Waals surface area contributed by atoms with Crippen molar-refractivity contribution in [2.24, 2.45) is 7.05 Å². The average Bonchev–Trinajstić information content (AvgIpc) is 2.59. The molecule has 0 amide bonds. The summed E-state index contributed by atoms with van der Waals surface area (Å²) in [4.78, 5) is 7.66. The summed E-state index contributed by atoms with van der Waals surface area (Å²) in [5, 5.41) is 3.74. The van der Waals surface area contributed by atoms with E-state index >= 15 is 0 Å². The highest BCUT2D eigenvalue weighted by molar-refractivity contribution is 7.90. The number of aromatic nitrogens is 4. The van der Waals surface area contributed by atoms with Crippen LogP contribution in [0.1, 0.15) is 0 Å². The summed E-state index contributed by atoms with van der Waals surface area (Å²) in [6.07, 6.45) is 3.97. The number of anilines is 1. The molecule has 0 aliphatic carbocycles. The van der Waals surface area contributed by atoms with Crippen molar-refractivity contribution in [2.75, 3.05) is 12.0 Å². The lowest BCUT2D eigenvalue weighted by atomic mass is 10.2. The number of nitrogen functional groups attached to an aromatic ring is 1. The predicted octanol–water partition coefficient (Wildman–Crippen LogP) is -0.137. The van der Waals surface area contributed by atoms with Crippen LogP contribution in [0.4, 0.5) is 5.82 Å². The Balaban J connectivity index is 2.58. The molecule has 2 aromatic rings. The Morgan fingerprint density at radius 1 is 1.41 bits per heavy atom. The number of nitrogens with two attached hydrogens (primary N) is 1. The van der Waals surface area contributed by atoms with Crippen molar-refractivity contribution >= 4 is 15.7 Å². The van der Waals surface area contributed by atoms with E-state index in [1.54, 1.807) is 13.1 Å². The number of hydrogen-bond donors (Lipinski definition) is 1. The molecule has 2 N–H and O–H groups in total.